The minimum atomic E-state index is 0.582. The van der Waals surface area contributed by atoms with Gasteiger partial charge in [0.25, 0.3) is 0 Å². The van der Waals surface area contributed by atoms with Crippen molar-refractivity contribution < 1.29 is 14.2 Å². The Bertz CT molecular complexity index is 866. The first-order valence-corrected chi connectivity index (χ1v) is 11.6. The Hall–Kier alpha value is -1.62. The normalized spacial score (nSPS) is 17.2. The molecule has 0 radical (unpaired) electrons. The zero-order chi connectivity index (χ0) is 20.9. The van der Waals surface area contributed by atoms with Gasteiger partial charge in [-0.1, -0.05) is 23.2 Å². The van der Waals surface area contributed by atoms with Crippen LogP contribution in [-0.4, -0.2) is 44.4 Å². The average molecular weight is 450 g/mol. The summed E-state index contributed by atoms with van der Waals surface area (Å²) in [6, 6.07) is 9.92. The largest absolute Gasteiger partial charge is 0.494 e. The number of nitrogens with zero attached hydrogens (tertiary/aromatic N) is 1. The van der Waals surface area contributed by atoms with Crippen LogP contribution in [0.2, 0.25) is 10.0 Å². The summed E-state index contributed by atoms with van der Waals surface area (Å²) < 4.78 is 16.9. The smallest absolute Gasteiger partial charge is 0.162 e. The first-order valence-electron chi connectivity index (χ1n) is 10.8. The predicted molar refractivity (Wildman–Crippen MR) is 122 cm³/mol. The van der Waals surface area contributed by atoms with Crippen molar-refractivity contribution in [3.05, 3.63) is 51.5 Å². The molecule has 1 saturated heterocycles. The van der Waals surface area contributed by atoms with E-state index in [1.54, 1.807) is 0 Å². The van der Waals surface area contributed by atoms with Crippen molar-refractivity contribution in [2.75, 3.05) is 39.5 Å². The summed E-state index contributed by atoms with van der Waals surface area (Å²) in [5.41, 5.74) is 2.33. The van der Waals surface area contributed by atoms with Crippen molar-refractivity contribution in [1.82, 2.24) is 4.90 Å². The summed E-state index contributed by atoms with van der Waals surface area (Å²) in [7, 11) is 0. The van der Waals surface area contributed by atoms with Gasteiger partial charge in [-0.2, -0.15) is 0 Å². The van der Waals surface area contributed by atoms with Crippen LogP contribution in [0.1, 0.15) is 30.9 Å². The van der Waals surface area contributed by atoms with E-state index in [-0.39, 0.29) is 0 Å². The molecule has 0 N–H and O–H groups in total. The summed E-state index contributed by atoms with van der Waals surface area (Å²) in [6.45, 7) is 7.07. The van der Waals surface area contributed by atoms with Crippen LogP contribution in [0, 0.1) is 5.92 Å². The highest BCUT2D eigenvalue weighted by molar-refractivity contribution is 6.31. The molecule has 2 heterocycles. The minimum absolute atomic E-state index is 0.582. The van der Waals surface area contributed by atoms with Crippen LogP contribution in [0.5, 0.6) is 17.2 Å². The second-order valence-electron chi connectivity index (χ2n) is 8.01. The van der Waals surface area contributed by atoms with Crippen molar-refractivity contribution in [1.29, 1.82) is 0 Å². The lowest BCUT2D eigenvalue weighted by molar-refractivity contribution is 0.171. The SMILES string of the molecule is CCOc1ccc(Cl)c(CC2CCN(CCc3cc4c(cc3Cl)OCCO4)CC2)c1. The van der Waals surface area contributed by atoms with E-state index in [0.29, 0.717) is 25.7 Å². The van der Waals surface area contributed by atoms with Crippen molar-refractivity contribution in [2.45, 2.75) is 32.6 Å². The number of halogens is 2. The van der Waals surface area contributed by atoms with Gasteiger partial charge in [0.1, 0.15) is 19.0 Å². The second-order valence-corrected chi connectivity index (χ2v) is 8.83. The van der Waals surface area contributed by atoms with Crippen molar-refractivity contribution in [3.8, 4) is 17.2 Å². The fraction of sp³-hybridized carbons (Fsp3) is 0.500. The van der Waals surface area contributed by atoms with Crippen LogP contribution in [-0.2, 0) is 12.8 Å². The molecule has 0 aliphatic carbocycles. The molecular weight excluding hydrogens is 421 g/mol. The van der Waals surface area contributed by atoms with E-state index in [4.69, 9.17) is 37.4 Å². The molecule has 0 bridgehead atoms. The molecule has 2 aromatic carbocycles. The second kappa shape index (κ2) is 10.1. The summed E-state index contributed by atoms with van der Waals surface area (Å²) in [5.74, 6) is 3.13. The summed E-state index contributed by atoms with van der Waals surface area (Å²) in [6.07, 6.45) is 4.30. The number of ether oxygens (including phenoxy) is 3. The van der Waals surface area contributed by atoms with Crippen LogP contribution in [0.15, 0.2) is 30.3 Å². The Kier molecular flexibility index (Phi) is 7.29. The molecular formula is C24H29Cl2NO3. The minimum Gasteiger partial charge on any atom is -0.494 e. The highest BCUT2D eigenvalue weighted by Crippen LogP contribution is 2.36. The fourth-order valence-electron chi connectivity index (χ4n) is 4.27. The molecule has 0 unspecified atom stereocenters. The molecule has 0 saturated carbocycles. The Balaban J connectivity index is 1.28. The number of fused-ring (bicyclic) bond motifs is 1. The molecule has 4 nitrogen and oxygen atoms in total. The number of piperidine rings is 1. The third-order valence-corrected chi connectivity index (χ3v) is 6.67. The molecule has 1 fully saturated rings. The lowest BCUT2D eigenvalue weighted by atomic mass is 9.90. The van der Waals surface area contributed by atoms with Crippen LogP contribution in [0.3, 0.4) is 0 Å². The van der Waals surface area contributed by atoms with Crippen LogP contribution in [0.4, 0.5) is 0 Å². The van der Waals surface area contributed by atoms with E-state index in [2.05, 4.69) is 11.0 Å². The molecule has 4 rings (SSSR count). The zero-order valence-corrected chi connectivity index (χ0v) is 19.0. The molecule has 0 spiro atoms. The maximum Gasteiger partial charge on any atom is 0.162 e. The van der Waals surface area contributed by atoms with Crippen molar-refractivity contribution >= 4 is 23.2 Å². The zero-order valence-electron chi connectivity index (χ0n) is 17.5. The predicted octanol–water partition coefficient (Wildman–Crippen LogP) is 5.66. The van der Waals surface area contributed by atoms with Gasteiger partial charge in [-0.15, -0.1) is 0 Å². The third kappa shape index (κ3) is 5.35. The topological polar surface area (TPSA) is 30.9 Å². The first kappa shape index (κ1) is 21.6. The van der Waals surface area contributed by atoms with Gasteiger partial charge in [0.05, 0.1) is 6.61 Å². The number of rotatable bonds is 7. The number of benzene rings is 2. The van der Waals surface area contributed by atoms with Crippen LogP contribution in [0.25, 0.3) is 0 Å². The highest BCUT2D eigenvalue weighted by atomic mass is 35.5. The lowest BCUT2D eigenvalue weighted by Gasteiger charge is -2.32. The van der Waals surface area contributed by atoms with E-state index in [1.165, 1.54) is 18.4 Å². The van der Waals surface area contributed by atoms with Gasteiger partial charge in [0.2, 0.25) is 0 Å². The molecule has 2 aliphatic heterocycles. The molecule has 162 valence electrons. The highest BCUT2D eigenvalue weighted by Gasteiger charge is 2.21. The Labute approximate surface area is 189 Å². The average Bonchev–Trinajstić information content (AvgIpc) is 2.76. The number of hydrogen-bond donors (Lipinski definition) is 0. The quantitative estimate of drug-likeness (QED) is 0.545. The van der Waals surface area contributed by atoms with Gasteiger partial charge in [-0.05, 0) is 87.0 Å². The Morgan fingerprint density at radius 1 is 0.967 bits per heavy atom. The van der Waals surface area contributed by atoms with E-state index in [0.717, 1.165) is 65.3 Å². The number of likely N-dealkylation sites (tertiary alicyclic amines) is 1. The van der Waals surface area contributed by atoms with Gasteiger partial charge < -0.3 is 19.1 Å². The third-order valence-electron chi connectivity index (χ3n) is 5.95. The maximum absolute atomic E-state index is 6.47. The first-order chi connectivity index (χ1) is 14.6. The lowest BCUT2D eigenvalue weighted by Crippen LogP contribution is -2.35. The monoisotopic (exact) mass is 449 g/mol. The van der Waals surface area contributed by atoms with Crippen LogP contribution >= 0.6 is 23.2 Å². The molecule has 2 aromatic rings. The van der Waals surface area contributed by atoms with Gasteiger partial charge in [-0.3, -0.25) is 0 Å². The van der Waals surface area contributed by atoms with Gasteiger partial charge in [0, 0.05) is 22.7 Å². The van der Waals surface area contributed by atoms with E-state index < -0.39 is 0 Å². The van der Waals surface area contributed by atoms with Crippen molar-refractivity contribution in [2.24, 2.45) is 5.92 Å². The van der Waals surface area contributed by atoms with Gasteiger partial charge >= 0.3 is 0 Å². The number of hydrogen-bond acceptors (Lipinski definition) is 4. The Morgan fingerprint density at radius 2 is 1.70 bits per heavy atom. The fourth-order valence-corrected chi connectivity index (χ4v) is 4.71. The summed E-state index contributed by atoms with van der Waals surface area (Å²) >= 11 is 12.9. The molecule has 0 aromatic heterocycles. The van der Waals surface area contributed by atoms with Crippen molar-refractivity contribution in [3.63, 3.8) is 0 Å². The maximum atomic E-state index is 6.47. The van der Waals surface area contributed by atoms with E-state index in [1.807, 2.05) is 31.2 Å². The van der Waals surface area contributed by atoms with E-state index in [9.17, 15) is 0 Å². The molecule has 0 atom stereocenters. The van der Waals surface area contributed by atoms with E-state index >= 15 is 0 Å². The Morgan fingerprint density at radius 3 is 2.43 bits per heavy atom. The molecule has 30 heavy (non-hydrogen) atoms. The summed E-state index contributed by atoms with van der Waals surface area (Å²) in [4.78, 5) is 2.53. The molecule has 0 amide bonds. The molecule has 6 heteroatoms. The summed E-state index contributed by atoms with van der Waals surface area (Å²) in [5, 5.41) is 1.60. The van der Waals surface area contributed by atoms with Gasteiger partial charge in [0.15, 0.2) is 11.5 Å². The van der Waals surface area contributed by atoms with Crippen LogP contribution < -0.4 is 14.2 Å². The van der Waals surface area contributed by atoms with Gasteiger partial charge in [-0.25, -0.2) is 0 Å². The molecule has 2 aliphatic rings. The standard InChI is InChI=1S/C24H29Cl2NO3/c1-2-28-20-3-4-21(25)19(14-20)13-17-5-8-27(9-6-17)10-7-18-15-23-24(16-22(18)26)30-12-11-29-23/h3-4,14-17H,2,5-13H2,1H3.